The summed E-state index contributed by atoms with van der Waals surface area (Å²) in [6, 6.07) is 19.6. The van der Waals surface area contributed by atoms with Gasteiger partial charge in [-0.15, -0.1) is 0 Å². The number of hydrogen-bond acceptors (Lipinski definition) is 5. The Kier molecular flexibility index (Phi) is 5.66. The van der Waals surface area contributed by atoms with Gasteiger partial charge < -0.3 is 19.5 Å². The molecule has 8 heteroatoms. The van der Waals surface area contributed by atoms with Crippen molar-refractivity contribution in [1.29, 1.82) is 0 Å². The number of fused-ring (bicyclic) bond motifs is 1. The molecular weight excluding hydrogens is 418 g/mol. The molecule has 2 aromatic heterocycles. The highest BCUT2D eigenvalue weighted by Crippen LogP contribution is 2.24. The first-order valence-corrected chi connectivity index (χ1v) is 11.0. The second-order valence-electron chi connectivity index (χ2n) is 8.08. The number of benzene rings is 2. The van der Waals surface area contributed by atoms with Crippen LogP contribution in [0.3, 0.4) is 0 Å². The Morgan fingerprint density at radius 3 is 2.24 bits per heavy atom. The Labute approximate surface area is 190 Å². The molecule has 1 aliphatic heterocycles. The van der Waals surface area contributed by atoms with Gasteiger partial charge in [0, 0.05) is 55.4 Å². The molecule has 1 N–H and O–H groups in total. The number of nitrogens with zero attached hydrogens (tertiary/aromatic N) is 5. The van der Waals surface area contributed by atoms with Crippen LogP contribution < -0.4 is 10.5 Å². The molecule has 3 heterocycles. The maximum absolute atomic E-state index is 13.2. The molecule has 0 unspecified atom stereocenters. The Hall–Kier alpha value is -3.91. The van der Waals surface area contributed by atoms with Gasteiger partial charge in [0.2, 0.25) is 5.91 Å². The first-order chi connectivity index (χ1) is 16.2. The number of aliphatic hydroxyl groups excluding tert-OH is 1. The normalized spacial score (nSPS) is 14.1. The molecule has 0 spiro atoms. The number of aliphatic hydroxyl groups is 1. The zero-order valence-corrected chi connectivity index (χ0v) is 18.2. The van der Waals surface area contributed by atoms with Gasteiger partial charge in [-0.25, -0.2) is 4.52 Å². The lowest BCUT2D eigenvalue weighted by Crippen LogP contribution is -2.50. The van der Waals surface area contributed by atoms with Gasteiger partial charge in [0.25, 0.3) is 5.56 Å². The van der Waals surface area contributed by atoms with E-state index in [9.17, 15) is 14.7 Å². The van der Waals surface area contributed by atoms with Gasteiger partial charge in [0.05, 0.1) is 12.3 Å². The van der Waals surface area contributed by atoms with E-state index in [1.165, 1.54) is 9.08 Å². The summed E-state index contributed by atoms with van der Waals surface area (Å²) in [6.45, 7) is 2.36. The summed E-state index contributed by atoms with van der Waals surface area (Å²) in [5.74, 6) is -0.0949. The minimum atomic E-state index is -0.340. The quantitative estimate of drug-likeness (QED) is 0.510. The van der Waals surface area contributed by atoms with E-state index in [0.29, 0.717) is 29.9 Å². The van der Waals surface area contributed by atoms with Crippen molar-refractivity contribution >= 4 is 17.1 Å². The minimum Gasteiger partial charge on any atom is -0.392 e. The molecule has 168 valence electrons. The third-order valence-corrected chi connectivity index (χ3v) is 6.12. The van der Waals surface area contributed by atoms with Crippen LogP contribution in [0.4, 0.5) is 5.69 Å². The highest BCUT2D eigenvalue weighted by atomic mass is 16.3. The number of amides is 1. The summed E-state index contributed by atoms with van der Waals surface area (Å²) < 4.78 is 2.88. The van der Waals surface area contributed by atoms with Crippen LogP contribution in [-0.4, -0.2) is 56.3 Å². The van der Waals surface area contributed by atoms with Gasteiger partial charge in [-0.3, -0.25) is 9.59 Å². The number of piperazine rings is 1. The molecule has 4 aromatic rings. The lowest BCUT2D eigenvalue weighted by Gasteiger charge is -2.36. The van der Waals surface area contributed by atoms with Crippen LogP contribution in [0.1, 0.15) is 5.56 Å². The predicted molar refractivity (Wildman–Crippen MR) is 126 cm³/mol. The van der Waals surface area contributed by atoms with Gasteiger partial charge in [0.15, 0.2) is 0 Å². The SMILES string of the molecule is O=C(Cn1ccn2nc(-c3ccccc3)c(CO)c2c1=O)N1CCN(c2ccccc2)CC1. The van der Waals surface area contributed by atoms with Gasteiger partial charge in [0.1, 0.15) is 12.1 Å². The summed E-state index contributed by atoms with van der Waals surface area (Å²) in [5, 5.41) is 14.5. The number of anilines is 1. The summed E-state index contributed by atoms with van der Waals surface area (Å²) in [7, 11) is 0. The molecule has 1 aliphatic rings. The topological polar surface area (TPSA) is 83.1 Å². The van der Waals surface area contributed by atoms with Crippen molar-refractivity contribution in [3.05, 3.63) is 89.0 Å². The molecule has 0 aliphatic carbocycles. The van der Waals surface area contributed by atoms with E-state index in [0.717, 1.165) is 24.3 Å². The zero-order valence-electron chi connectivity index (χ0n) is 18.2. The highest BCUT2D eigenvalue weighted by Gasteiger charge is 2.23. The summed E-state index contributed by atoms with van der Waals surface area (Å²) in [6.07, 6.45) is 3.24. The second kappa shape index (κ2) is 8.91. The van der Waals surface area contributed by atoms with Gasteiger partial charge >= 0.3 is 0 Å². The molecule has 8 nitrogen and oxygen atoms in total. The fourth-order valence-electron chi connectivity index (χ4n) is 4.35. The molecule has 0 radical (unpaired) electrons. The summed E-state index contributed by atoms with van der Waals surface area (Å²) >= 11 is 0. The average molecular weight is 444 g/mol. The van der Waals surface area contributed by atoms with Crippen LogP contribution in [0.2, 0.25) is 0 Å². The Morgan fingerprint density at radius 2 is 1.58 bits per heavy atom. The predicted octanol–water partition coefficient (Wildman–Crippen LogP) is 2.00. The van der Waals surface area contributed by atoms with Crippen LogP contribution in [-0.2, 0) is 17.9 Å². The van der Waals surface area contributed by atoms with Gasteiger partial charge in [-0.1, -0.05) is 48.5 Å². The smallest absolute Gasteiger partial charge is 0.277 e. The van der Waals surface area contributed by atoms with Crippen molar-refractivity contribution < 1.29 is 9.90 Å². The number of para-hydroxylation sites is 1. The zero-order chi connectivity index (χ0) is 22.8. The van der Waals surface area contributed by atoms with E-state index in [4.69, 9.17) is 0 Å². The molecule has 1 fully saturated rings. The molecule has 33 heavy (non-hydrogen) atoms. The van der Waals surface area contributed by atoms with Crippen LogP contribution in [0.15, 0.2) is 77.9 Å². The number of carbonyl (C=O) groups is 1. The van der Waals surface area contributed by atoms with Crippen molar-refractivity contribution in [3.8, 4) is 11.3 Å². The largest absolute Gasteiger partial charge is 0.392 e. The molecule has 0 saturated carbocycles. The third kappa shape index (κ3) is 4.01. The Bertz CT molecular complexity index is 1320. The van der Waals surface area contributed by atoms with E-state index < -0.39 is 0 Å². The van der Waals surface area contributed by atoms with Crippen LogP contribution in [0.25, 0.3) is 16.8 Å². The molecular formula is C25H25N5O3. The Morgan fingerprint density at radius 1 is 0.909 bits per heavy atom. The van der Waals surface area contributed by atoms with E-state index in [1.807, 2.05) is 48.5 Å². The third-order valence-electron chi connectivity index (χ3n) is 6.12. The van der Waals surface area contributed by atoms with Crippen molar-refractivity contribution in [1.82, 2.24) is 19.1 Å². The monoisotopic (exact) mass is 443 g/mol. The number of aromatic nitrogens is 3. The minimum absolute atomic E-state index is 0.0443. The molecule has 0 atom stereocenters. The maximum Gasteiger partial charge on any atom is 0.277 e. The summed E-state index contributed by atoms with van der Waals surface area (Å²) in [5.41, 5.74) is 2.95. The van der Waals surface area contributed by atoms with Crippen molar-refractivity contribution in [2.24, 2.45) is 0 Å². The fraction of sp³-hybridized carbons (Fsp3) is 0.240. The van der Waals surface area contributed by atoms with Gasteiger partial charge in [-0.2, -0.15) is 5.10 Å². The number of hydrogen-bond donors (Lipinski definition) is 1. The fourth-order valence-corrected chi connectivity index (χ4v) is 4.35. The number of rotatable bonds is 5. The highest BCUT2D eigenvalue weighted by molar-refractivity contribution is 5.77. The van der Waals surface area contributed by atoms with E-state index in [1.54, 1.807) is 17.3 Å². The first kappa shape index (κ1) is 21.0. The lowest BCUT2D eigenvalue weighted by molar-refractivity contribution is -0.132. The van der Waals surface area contributed by atoms with Crippen LogP contribution in [0, 0.1) is 0 Å². The number of carbonyl (C=O) groups excluding carboxylic acids is 1. The van der Waals surface area contributed by atoms with Crippen molar-refractivity contribution in [2.75, 3.05) is 31.1 Å². The van der Waals surface area contributed by atoms with E-state index in [-0.39, 0.29) is 24.6 Å². The molecule has 5 rings (SSSR count). The van der Waals surface area contributed by atoms with E-state index in [2.05, 4.69) is 22.1 Å². The van der Waals surface area contributed by atoms with Crippen LogP contribution in [0.5, 0.6) is 0 Å². The molecule has 2 aromatic carbocycles. The molecule has 1 saturated heterocycles. The van der Waals surface area contributed by atoms with Crippen molar-refractivity contribution in [2.45, 2.75) is 13.2 Å². The molecule has 0 bridgehead atoms. The van der Waals surface area contributed by atoms with Crippen molar-refractivity contribution in [3.63, 3.8) is 0 Å². The first-order valence-electron chi connectivity index (χ1n) is 11.0. The maximum atomic E-state index is 13.2. The lowest BCUT2D eigenvalue weighted by atomic mass is 10.1. The average Bonchev–Trinajstić information content (AvgIpc) is 3.26. The second-order valence-corrected chi connectivity index (χ2v) is 8.08. The van der Waals surface area contributed by atoms with E-state index >= 15 is 0 Å². The Balaban J connectivity index is 1.36. The van der Waals surface area contributed by atoms with Gasteiger partial charge in [-0.05, 0) is 12.1 Å². The summed E-state index contributed by atoms with van der Waals surface area (Å²) in [4.78, 5) is 30.2. The van der Waals surface area contributed by atoms with Crippen LogP contribution >= 0.6 is 0 Å². The standard InChI is InChI=1S/C25H25N5O3/c31-18-21-23(19-7-3-1-4-8-19)26-30-16-15-29(25(33)24(21)30)17-22(32)28-13-11-27(12-14-28)20-9-5-2-6-10-20/h1-10,15-16,31H,11-14,17-18H2. The molecule has 1 amide bonds.